The molecule has 210 valence electrons. The first-order valence-corrected chi connectivity index (χ1v) is 13.3. The van der Waals surface area contributed by atoms with E-state index in [9.17, 15) is 22.8 Å². The standard InChI is InChI=1S/C28H29Cl2F3N2O4/c1-5-38-27(37)19-8-9-35(14-16(19)3)26(36)20-6-7-23(29)22(25(20)30)12-17-11-21-15(2)10-18(39-28(31,32)33)13-24(21)34(17)4/h6-7,10-11,13,16,19H,5,8-9,12,14H2,1-4H3/t16-,19+/m1/s1. The van der Waals surface area contributed by atoms with Crippen LogP contribution in [0.5, 0.6) is 5.75 Å². The van der Waals surface area contributed by atoms with E-state index >= 15 is 0 Å². The van der Waals surface area contributed by atoms with Gasteiger partial charge < -0.3 is 18.9 Å². The van der Waals surface area contributed by atoms with Gasteiger partial charge in [-0.25, -0.2) is 0 Å². The monoisotopic (exact) mass is 584 g/mol. The Hall–Kier alpha value is -2.91. The number of carbonyl (C=O) groups is 2. The number of hydrogen-bond donors (Lipinski definition) is 0. The number of piperidine rings is 1. The molecule has 2 heterocycles. The van der Waals surface area contributed by atoms with E-state index in [1.54, 1.807) is 42.5 Å². The lowest BCUT2D eigenvalue weighted by atomic mass is 9.86. The fourth-order valence-corrected chi connectivity index (χ4v) is 5.78. The van der Waals surface area contributed by atoms with Crippen molar-refractivity contribution in [1.29, 1.82) is 0 Å². The zero-order valence-electron chi connectivity index (χ0n) is 22.0. The van der Waals surface area contributed by atoms with E-state index in [0.717, 1.165) is 11.1 Å². The molecular formula is C28H29Cl2F3N2O4. The predicted molar refractivity (Wildman–Crippen MR) is 143 cm³/mol. The highest BCUT2D eigenvalue weighted by Crippen LogP contribution is 2.36. The molecule has 0 unspecified atom stereocenters. The molecule has 0 radical (unpaired) electrons. The second-order valence-corrected chi connectivity index (χ2v) is 10.6. The largest absolute Gasteiger partial charge is 0.573 e. The van der Waals surface area contributed by atoms with Crippen LogP contribution in [0.15, 0.2) is 30.3 Å². The van der Waals surface area contributed by atoms with Crippen molar-refractivity contribution in [2.45, 2.75) is 40.0 Å². The van der Waals surface area contributed by atoms with Crippen LogP contribution in [0, 0.1) is 18.8 Å². The van der Waals surface area contributed by atoms with Crippen LogP contribution >= 0.6 is 23.2 Å². The summed E-state index contributed by atoms with van der Waals surface area (Å²) in [5.74, 6) is -1.13. The van der Waals surface area contributed by atoms with Gasteiger partial charge in [0.2, 0.25) is 0 Å². The maximum atomic E-state index is 13.5. The molecule has 39 heavy (non-hydrogen) atoms. The summed E-state index contributed by atoms with van der Waals surface area (Å²) in [4.78, 5) is 27.4. The van der Waals surface area contributed by atoms with Gasteiger partial charge in [-0.2, -0.15) is 0 Å². The summed E-state index contributed by atoms with van der Waals surface area (Å²) < 4.78 is 49.4. The van der Waals surface area contributed by atoms with E-state index < -0.39 is 6.36 Å². The molecule has 1 saturated heterocycles. The van der Waals surface area contributed by atoms with Gasteiger partial charge in [0.1, 0.15) is 5.75 Å². The van der Waals surface area contributed by atoms with Crippen molar-refractivity contribution in [1.82, 2.24) is 9.47 Å². The average Bonchev–Trinajstić information content (AvgIpc) is 3.16. The number of aryl methyl sites for hydroxylation is 2. The van der Waals surface area contributed by atoms with Gasteiger partial charge in [0.15, 0.2) is 0 Å². The first kappa shape index (κ1) is 29.1. The number of rotatable bonds is 6. The van der Waals surface area contributed by atoms with Crippen LogP contribution in [0.2, 0.25) is 10.0 Å². The summed E-state index contributed by atoms with van der Waals surface area (Å²) in [6.45, 7) is 6.49. The third kappa shape index (κ3) is 6.14. The molecule has 6 nitrogen and oxygen atoms in total. The SMILES string of the molecule is CCOC(=O)[C@H]1CCN(C(=O)c2ccc(Cl)c(Cc3cc4c(C)cc(OC(F)(F)F)cc4n3C)c2Cl)C[C@H]1C. The first-order valence-electron chi connectivity index (χ1n) is 12.6. The highest BCUT2D eigenvalue weighted by molar-refractivity contribution is 6.38. The minimum atomic E-state index is -4.80. The number of hydrogen-bond acceptors (Lipinski definition) is 4. The second-order valence-electron chi connectivity index (χ2n) is 9.86. The molecule has 0 bridgehead atoms. The van der Waals surface area contributed by atoms with Crippen LogP contribution in [0.25, 0.3) is 10.9 Å². The lowest BCUT2D eigenvalue weighted by Gasteiger charge is -2.36. The average molecular weight is 585 g/mol. The molecule has 3 aromatic rings. The zero-order valence-corrected chi connectivity index (χ0v) is 23.5. The molecule has 2 atom stereocenters. The minimum absolute atomic E-state index is 0.0717. The summed E-state index contributed by atoms with van der Waals surface area (Å²) in [7, 11) is 1.74. The number of fused-ring (bicyclic) bond motifs is 1. The van der Waals surface area contributed by atoms with E-state index in [-0.39, 0.29) is 40.9 Å². The molecule has 1 amide bonds. The van der Waals surface area contributed by atoms with Crippen LogP contribution in [0.3, 0.4) is 0 Å². The number of alkyl halides is 3. The van der Waals surface area contributed by atoms with Gasteiger partial charge in [-0.3, -0.25) is 9.59 Å². The number of halogens is 5. The van der Waals surface area contributed by atoms with Crippen molar-refractivity contribution in [2.75, 3.05) is 19.7 Å². The summed E-state index contributed by atoms with van der Waals surface area (Å²) >= 11 is 13.3. The van der Waals surface area contributed by atoms with E-state index in [4.69, 9.17) is 27.9 Å². The molecule has 1 aliphatic rings. The van der Waals surface area contributed by atoms with Crippen LogP contribution in [0.1, 0.15) is 47.4 Å². The third-order valence-corrected chi connectivity index (χ3v) is 8.02. The van der Waals surface area contributed by atoms with Crippen LogP contribution in [0.4, 0.5) is 13.2 Å². The molecule has 0 saturated carbocycles. The minimum Gasteiger partial charge on any atom is -0.466 e. The Morgan fingerprint density at radius 3 is 2.51 bits per heavy atom. The zero-order chi connectivity index (χ0) is 28.6. The molecule has 0 spiro atoms. The Kier molecular flexibility index (Phi) is 8.42. The fraction of sp³-hybridized carbons (Fsp3) is 0.429. The molecule has 11 heteroatoms. The Morgan fingerprint density at radius 1 is 1.15 bits per heavy atom. The van der Waals surface area contributed by atoms with Crippen molar-refractivity contribution in [3.63, 3.8) is 0 Å². The van der Waals surface area contributed by atoms with Gasteiger partial charge in [0.25, 0.3) is 5.91 Å². The maximum absolute atomic E-state index is 13.5. The number of carbonyl (C=O) groups excluding carboxylic acids is 2. The third-order valence-electron chi connectivity index (χ3n) is 7.23. The first-order chi connectivity index (χ1) is 18.3. The van der Waals surface area contributed by atoms with E-state index in [1.165, 1.54) is 12.1 Å². The lowest BCUT2D eigenvalue weighted by Crippen LogP contribution is -2.45. The highest BCUT2D eigenvalue weighted by atomic mass is 35.5. The quantitative estimate of drug-likeness (QED) is 0.294. The fourth-order valence-electron chi connectivity index (χ4n) is 5.20. The number of aromatic nitrogens is 1. The molecule has 1 fully saturated rings. The predicted octanol–water partition coefficient (Wildman–Crippen LogP) is 6.94. The number of esters is 1. The number of benzene rings is 2. The van der Waals surface area contributed by atoms with E-state index in [1.807, 2.05) is 13.0 Å². The number of ether oxygens (including phenoxy) is 2. The summed E-state index contributed by atoms with van der Waals surface area (Å²) in [5, 5.41) is 1.35. The van der Waals surface area contributed by atoms with Crippen molar-refractivity contribution < 1.29 is 32.2 Å². The van der Waals surface area contributed by atoms with Crippen LogP contribution < -0.4 is 4.74 Å². The van der Waals surface area contributed by atoms with Crippen LogP contribution in [-0.2, 0) is 23.0 Å². The van der Waals surface area contributed by atoms with E-state index in [0.29, 0.717) is 53.3 Å². The molecule has 0 aliphatic carbocycles. The van der Waals surface area contributed by atoms with Crippen molar-refractivity contribution in [3.8, 4) is 5.75 Å². The smallest absolute Gasteiger partial charge is 0.466 e. The van der Waals surface area contributed by atoms with Crippen molar-refractivity contribution in [3.05, 3.63) is 62.8 Å². The number of amides is 1. The van der Waals surface area contributed by atoms with Crippen molar-refractivity contribution >= 4 is 46.0 Å². The van der Waals surface area contributed by atoms with Gasteiger partial charge in [-0.1, -0.05) is 30.1 Å². The summed E-state index contributed by atoms with van der Waals surface area (Å²) in [6.07, 6.45) is -4.05. The summed E-state index contributed by atoms with van der Waals surface area (Å²) in [5.41, 5.74) is 2.76. The topological polar surface area (TPSA) is 60.8 Å². The molecule has 2 aromatic carbocycles. The summed E-state index contributed by atoms with van der Waals surface area (Å²) in [6, 6.07) is 7.75. The van der Waals surface area contributed by atoms with Crippen molar-refractivity contribution in [2.24, 2.45) is 18.9 Å². The Balaban J connectivity index is 1.60. The lowest BCUT2D eigenvalue weighted by molar-refractivity contribution is -0.274. The number of likely N-dealkylation sites (tertiary alicyclic amines) is 1. The molecule has 4 rings (SSSR count). The van der Waals surface area contributed by atoms with Gasteiger partial charge >= 0.3 is 12.3 Å². The molecular weight excluding hydrogens is 556 g/mol. The molecule has 1 aliphatic heterocycles. The van der Waals surface area contributed by atoms with Gasteiger partial charge in [0.05, 0.1) is 28.6 Å². The van der Waals surface area contributed by atoms with E-state index in [2.05, 4.69) is 4.74 Å². The molecule has 0 N–H and O–H groups in total. The Morgan fingerprint density at radius 2 is 1.87 bits per heavy atom. The Bertz CT molecular complexity index is 1420. The maximum Gasteiger partial charge on any atom is 0.573 e. The highest BCUT2D eigenvalue weighted by Gasteiger charge is 2.35. The second kappa shape index (κ2) is 11.3. The van der Waals surface area contributed by atoms with Gasteiger partial charge in [-0.05, 0) is 61.6 Å². The van der Waals surface area contributed by atoms with Crippen LogP contribution in [-0.4, -0.2) is 47.4 Å². The van der Waals surface area contributed by atoms with Gasteiger partial charge in [0, 0.05) is 48.7 Å². The Labute approximate surface area is 234 Å². The normalized spacial score (nSPS) is 17.9. The molecule has 1 aromatic heterocycles. The van der Waals surface area contributed by atoms with Gasteiger partial charge in [-0.15, -0.1) is 13.2 Å². The number of nitrogens with zero attached hydrogens (tertiary/aromatic N) is 2.